The van der Waals surface area contributed by atoms with E-state index in [0.717, 1.165) is 5.56 Å². The lowest BCUT2D eigenvalue weighted by atomic mass is 10.2. The molecule has 4 aromatic rings. The van der Waals surface area contributed by atoms with E-state index in [1.807, 2.05) is 30.3 Å². The number of hydrogen-bond acceptors (Lipinski definition) is 6. The number of anilines is 1. The highest BCUT2D eigenvalue weighted by Gasteiger charge is 2.17. The maximum Gasteiger partial charge on any atom is 0.329 e. The van der Waals surface area contributed by atoms with Crippen LogP contribution in [0.25, 0.3) is 11.2 Å². The van der Waals surface area contributed by atoms with Gasteiger partial charge in [0.15, 0.2) is 11.2 Å². The number of hydrogen-bond donors (Lipinski definition) is 3. The van der Waals surface area contributed by atoms with Gasteiger partial charge in [-0.25, -0.2) is 10.2 Å². The van der Waals surface area contributed by atoms with E-state index in [-0.39, 0.29) is 16.9 Å². The highest BCUT2D eigenvalue weighted by atomic mass is 16.3. The number of aryl methyl sites for hydroxylation is 1. The molecular weight excluding hydrogens is 372 g/mol. The van der Waals surface area contributed by atoms with Gasteiger partial charge < -0.3 is 5.11 Å². The fourth-order valence-electron chi connectivity index (χ4n) is 3.00. The number of aromatic hydroxyl groups is 1. The molecule has 0 saturated carbocycles. The number of H-pyrrole nitrogens is 1. The van der Waals surface area contributed by atoms with Crippen molar-refractivity contribution in [2.75, 3.05) is 5.43 Å². The van der Waals surface area contributed by atoms with Crippen LogP contribution >= 0.6 is 0 Å². The molecule has 4 rings (SSSR count). The number of benzene rings is 2. The van der Waals surface area contributed by atoms with Gasteiger partial charge in [-0.15, -0.1) is 0 Å². The van der Waals surface area contributed by atoms with Crippen LogP contribution in [0.15, 0.2) is 69.3 Å². The van der Waals surface area contributed by atoms with Crippen LogP contribution in [0.5, 0.6) is 5.75 Å². The SMILES string of the molecule is Cn1c(=O)[nH]c(=O)c2c1nc(N/N=C/c1ccccc1O)n2Cc1ccccc1. The predicted octanol–water partition coefficient (Wildman–Crippen LogP) is 1.62. The highest BCUT2D eigenvalue weighted by molar-refractivity contribution is 5.83. The van der Waals surface area contributed by atoms with E-state index in [1.54, 1.807) is 28.8 Å². The first-order valence-electron chi connectivity index (χ1n) is 8.85. The Labute approximate surface area is 164 Å². The van der Waals surface area contributed by atoms with E-state index < -0.39 is 11.2 Å². The van der Waals surface area contributed by atoms with Crippen molar-refractivity contribution in [2.45, 2.75) is 6.54 Å². The summed E-state index contributed by atoms with van der Waals surface area (Å²) in [4.78, 5) is 31.1. The zero-order chi connectivity index (χ0) is 20.4. The zero-order valence-corrected chi connectivity index (χ0v) is 15.5. The molecule has 2 heterocycles. The molecule has 146 valence electrons. The Hall–Kier alpha value is -4.14. The van der Waals surface area contributed by atoms with E-state index in [1.165, 1.54) is 17.8 Å². The van der Waals surface area contributed by atoms with Gasteiger partial charge in [0, 0.05) is 12.6 Å². The minimum absolute atomic E-state index is 0.0923. The quantitative estimate of drug-likeness (QED) is 0.354. The van der Waals surface area contributed by atoms with E-state index in [4.69, 9.17) is 0 Å². The summed E-state index contributed by atoms with van der Waals surface area (Å²) in [6.07, 6.45) is 1.45. The first-order valence-corrected chi connectivity index (χ1v) is 8.85. The average molecular weight is 390 g/mol. The number of aromatic amines is 1. The van der Waals surface area contributed by atoms with Gasteiger partial charge >= 0.3 is 5.69 Å². The van der Waals surface area contributed by atoms with E-state index in [0.29, 0.717) is 18.1 Å². The third-order valence-corrected chi connectivity index (χ3v) is 4.50. The molecule has 0 radical (unpaired) electrons. The number of nitrogens with one attached hydrogen (secondary N) is 2. The van der Waals surface area contributed by atoms with Crippen LogP contribution in [0.3, 0.4) is 0 Å². The van der Waals surface area contributed by atoms with Crippen molar-refractivity contribution in [1.29, 1.82) is 0 Å². The summed E-state index contributed by atoms with van der Waals surface area (Å²) in [5.41, 5.74) is 3.73. The molecule has 0 atom stereocenters. The maximum atomic E-state index is 12.5. The second-order valence-corrected chi connectivity index (χ2v) is 6.43. The summed E-state index contributed by atoms with van der Waals surface area (Å²) in [5.74, 6) is 0.386. The lowest BCUT2D eigenvalue weighted by Crippen LogP contribution is -2.29. The molecule has 0 saturated heterocycles. The Morgan fingerprint density at radius 1 is 1.14 bits per heavy atom. The van der Waals surface area contributed by atoms with Gasteiger partial charge in [-0.05, 0) is 17.7 Å². The number of phenols is 1. The second-order valence-electron chi connectivity index (χ2n) is 6.43. The van der Waals surface area contributed by atoms with Crippen LogP contribution in [0.4, 0.5) is 5.95 Å². The molecule has 0 aliphatic carbocycles. The Bertz CT molecular complexity index is 1320. The van der Waals surface area contributed by atoms with Gasteiger partial charge in [-0.2, -0.15) is 10.1 Å². The lowest BCUT2D eigenvalue weighted by Gasteiger charge is -2.08. The number of aromatic nitrogens is 4. The number of para-hydroxylation sites is 1. The second kappa shape index (κ2) is 7.47. The molecule has 9 heteroatoms. The van der Waals surface area contributed by atoms with Crippen molar-refractivity contribution < 1.29 is 5.11 Å². The largest absolute Gasteiger partial charge is 0.507 e. The molecule has 0 fully saturated rings. The normalized spacial score (nSPS) is 11.3. The van der Waals surface area contributed by atoms with E-state index in [9.17, 15) is 14.7 Å². The van der Waals surface area contributed by atoms with Crippen LogP contribution in [0.2, 0.25) is 0 Å². The molecule has 0 bridgehead atoms. The van der Waals surface area contributed by atoms with E-state index in [2.05, 4.69) is 20.5 Å². The number of rotatable bonds is 5. The fraction of sp³-hybridized carbons (Fsp3) is 0.100. The zero-order valence-electron chi connectivity index (χ0n) is 15.5. The van der Waals surface area contributed by atoms with Gasteiger partial charge in [0.25, 0.3) is 5.56 Å². The lowest BCUT2D eigenvalue weighted by molar-refractivity contribution is 0.474. The monoisotopic (exact) mass is 390 g/mol. The minimum Gasteiger partial charge on any atom is -0.507 e. The van der Waals surface area contributed by atoms with Gasteiger partial charge in [0.05, 0.1) is 12.8 Å². The number of nitrogens with zero attached hydrogens (tertiary/aromatic N) is 4. The Kier molecular flexibility index (Phi) is 4.70. The number of hydrazone groups is 1. The molecule has 2 aromatic carbocycles. The smallest absolute Gasteiger partial charge is 0.329 e. The summed E-state index contributed by atoms with van der Waals surface area (Å²) in [6, 6.07) is 16.3. The molecule has 3 N–H and O–H groups in total. The Balaban J connectivity index is 1.80. The minimum atomic E-state index is -0.545. The van der Waals surface area contributed by atoms with Crippen LogP contribution in [-0.2, 0) is 13.6 Å². The van der Waals surface area contributed by atoms with E-state index >= 15 is 0 Å². The molecule has 2 aromatic heterocycles. The highest BCUT2D eigenvalue weighted by Crippen LogP contribution is 2.18. The van der Waals surface area contributed by atoms with Crippen molar-refractivity contribution in [3.05, 3.63) is 86.6 Å². The standard InChI is InChI=1S/C20H18N6O3/c1-25-17-16(18(28)23-20(25)29)26(12-13-7-3-2-4-8-13)19(22-17)24-21-11-14-9-5-6-10-15(14)27/h2-11,27H,12H2,1H3,(H,22,24)(H,23,28,29)/b21-11+. The first-order chi connectivity index (χ1) is 14.0. The molecule has 0 unspecified atom stereocenters. The maximum absolute atomic E-state index is 12.5. The molecule has 0 aliphatic rings. The van der Waals surface area contributed by atoms with Crippen LogP contribution in [0, 0.1) is 0 Å². The summed E-state index contributed by atoms with van der Waals surface area (Å²) in [7, 11) is 1.54. The molecule has 9 nitrogen and oxygen atoms in total. The van der Waals surface area contributed by atoms with Crippen LogP contribution in [0.1, 0.15) is 11.1 Å². The molecule has 29 heavy (non-hydrogen) atoms. The summed E-state index contributed by atoms with van der Waals surface area (Å²) < 4.78 is 2.93. The van der Waals surface area contributed by atoms with Gasteiger partial charge in [-0.3, -0.25) is 18.9 Å². The van der Waals surface area contributed by atoms with Crippen molar-refractivity contribution in [1.82, 2.24) is 19.1 Å². The number of fused-ring (bicyclic) bond motifs is 1. The third-order valence-electron chi connectivity index (χ3n) is 4.50. The Morgan fingerprint density at radius 2 is 1.86 bits per heavy atom. The van der Waals surface area contributed by atoms with Gasteiger partial charge in [0.2, 0.25) is 5.95 Å². The number of imidazole rings is 1. The molecule has 0 amide bonds. The summed E-state index contributed by atoms with van der Waals surface area (Å²) in [6.45, 7) is 0.354. The van der Waals surface area contributed by atoms with Crippen molar-refractivity contribution >= 4 is 23.3 Å². The predicted molar refractivity (Wildman–Crippen MR) is 110 cm³/mol. The van der Waals surface area contributed by atoms with Gasteiger partial charge in [0.1, 0.15) is 5.75 Å². The fourth-order valence-corrected chi connectivity index (χ4v) is 3.00. The molecular formula is C20H18N6O3. The first kappa shape index (κ1) is 18.2. The van der Waals surface area contributed by atoms with Crippen LogP contribution in [-0.4, -0.2) is 30.4 Å². The summed E-state index contributed by atoms with van der Waals surface area (Å²) >= 11 is 0. The number of phenolic OH excluding ortho intramolecular Hbond substituents is 1. The third kappa shape index (κ3) is 3.53. The van der Waals surface area contributed by atoms with Gasteiger partial charge in [-0.1, -0.05) is 42.5 Å². The van der Waals surface area contributed by atoms with Crippen molar-refractivity contribution in [2.24, 2.45) is 12.1 Å². The van der Waals surface area contributed by atoms with Crippen LogP contribution < -0.4 is 16.7 Å². The topological polar surface area (TPSA) is 117 Å². The van der Waals surface area contributed by atoms with Crippen molar-refractivity contribution in [3.63, 3.8) is 0 Å². The molecule has 0 spiro atoms. The average Bonchev–Trinajstić information content (AvgIpc) is 3.07. The summed E-state index contributed by atoms with van der Waals surface area (Å²) in [5, 5.41) is 14.0. The van der Waals surface area contributed by atoms with Crippen molar-refractivity contribution in [3.8, 4) is 5.75 Å². The molecule has 0 aliphatic heterocycles. The Morgan fingerprint density at radius 3 is 2.62 bits per heavy atom.